The molecule has 2 aromatic heterocycles. The number of fused-ring (bicyclic) bond motifs is 1. The molecular weight excluding hydrogens is 478 g/mol. The Kier molecular flexibility index (Phi) is 6.68. The molecule has 0 bridgehead atoms. The molecule has 2 aliphatic heterocycles. The topological polar surface area (TPSA) is 116 Å². The molecule has 5 rings (SSSR count). The number of nitrogens with zero attached hydrogens (tertiary/aromatic N) is 5. The van der Waals surface area contributed by atoms with Crippen molar-refractivity contribution in [2.45, 2.75) is 38.5 Å². The Bertz CT molecular complexity index is 1330. The van der Waals surface area contributed by atoms with E-state index in [9.17, 15) is 14.4 Å². The molecule has 2 amide bonds. The van der Waals surface area contributed by atoms with Crippen molar-refractivity contribution in [3.63, 3.8) is 0 Å². The molecule has 37 heavy (non-hydrogen) atoms. The number of benzene rings is 1. The predicted octanol–water partition coefficient (Wildman–Crippen LogP) is 2.45. The van der Waals surface area contributed by atoms with Gasteiger partial charge in [0.15, 0.2) is 11.7 Å². The third kappa shape index (κ3) is 4.56. The number of carbonyl (C=O) groups excluding carboxylic acids is 3. The summed E-state index contributed by atoms with van der Waals surface area (Å²) >= 11 is 0. The second kappa shape index (κ2) is 10.1. The lowest BCUT2D eigenvalue weighted by atomic mass is 10.0. The van der Waals surface area contributed by atoms with Crippen molar-refractivity contribution in [2.75, 3.05) is 26.8 Å². The van der Waals surface area contributed by atoms with E-state index < -0.39 is 18.1 Å². The van der Waals surface area contributed by atoms with Gasteiger partial charge in [-0.15, -0.1) is 0 Å². The van der Waals surface area contributed by atoms with Gasteiger partial charge in [-0.05, 0) is 25.3 Å². The zero-order valence-corrected chi connectivity index (χ0v) is 21.0. The van der Waals surface area contributed by atoms with Crippen LogP contribution in [0.5, 0.6) is 5.75 Å². The lowest BCUT2D eigenvalue weighted by Gasteiger charge is -2.37. The highest BCUT2D eigenvalue weighted by atomic mass is 16.6. The average molecular weight is 508 g/mol. The maximum atomic E-state index is 13.4. The molecule has 0 radical (unpaired) electrons. The number of ether oxygens (including phenoxy) is 3. The summed E-state index contributed by atoms with van der Waals surface area (Å²) < 4.78 is 17.9. The van der Waals surface area contributed by atoms with Crippen molar-refractivity contribution in [3.05, 3.63) is 53.3 Å². The standard InChI is InChI=1S/C26H29N5O6/c1-16-21-22(35-3)19(13-27-23(21)29(2)28-16)24(32)30-11-9-18(10-12-30)31-20(15-37-26(31)34)25(33)36-14-17-7-5-4-6-8-17/h4-8,13,18,20H,9-12,14-15H2,1-3H3. The van der Waals surface area contributed by atoms with Gasteiger partial charge in [0, 0.05) is 32.4 Å². The maximum Gasteiger partial charge on any atom is 0.410 e. The molecule has 1 unspecified atom stereocenters. The fraction of sp³-hybridized carbons (Fsp3) is 0.423. The van der Waals surface area contributed by atoms with E-state index in [-0.39, 0.29) is 25.2 Å². The first-order chi connectivity index (χ1) is 17.9. The molecule has 0 N–H and O–H groups in total. The number of cyclic esters (lactones) is 1. The molecular formula is C26H29N5O6. The molecule has 11 nitrogen and oxygen atoms in total. The minimum Gasteiger partial charge on any atom is -0.495 e. The Hall–Kier alpha value is -4.15. The lowest BCUT2D eigenvalue weighted by Crippen LogP contribution is -2.52. The van der Waals surface area contributed by atoms with Gasteiger partial charge in [0.1, 0.15) is 24.5 Å². The van der Waals surface area contributed by atoms with E-state index in [2.05, 4.69) is 10.1 Å². The zero-order chi connectivity index (χ0) is 26.1. The number of piperidine rings is 1. The molecule has 3 aromatic rings. The fourth-order valence-electron chi connectivity index (χ4n) is 5.10. The van der Waals surface area contributed by atoms with Crippen LogP contribution in [0.2, 0.25) is 0 Å². The number of likely N-dealkylation sites (tertiary alicyclic amines) is 1. The molecule has 2 saturated heterocycles. The lowest BCUT2D eigenvalue weighted by molar-refractivity contribution is -0.150. The van der Waals surface area contributed by atoms with E-state index in [1.807, 2.05) is 37.3 Å². The normalized spacial score (nSPS) is 18.2. The van der Waals surface area contributed by atoms with Crippen LogP contribution in [0, 0.1) is 6.92 Å². The Labute approximate surface area is 213 Å². The third-order valence-corrected chi connectivity index (χ3v) is 6.97. The Morgan fingerprint density at radius 3 is 2.59 bits per heavy atom. The molecule has 194 valence electrons. The van der Waals surface area contributed by atoms with Crippen LogP contribution in [0.3, 0.4) is 0 Å². The van der Waals surface area contributed by atoms with Crippen molar-refractivity contribution in [3.8, 4) is 5.75 Å². The van der Waals surface area contributed by atoms with Crippen LogP contribution < -0.4 is 4.74 Å². The van der Waals surface area contributed by atoms with Crippen LogP contribution in [-0.2, 0) is 27.9 Å². The largest absolute Gasteiger partial charge is 0.495 e. The highest BCUT2D eigenvalue weighted by Gasteiger charge is 2.44. The molecule has 0 aliphatic carbocycles. The van der Waals surface area contributed by atoms with Crippen LogP contribution in [0.15, 0.2) is 36.5 Å². The molecule has 1 atom stereocenters. The number of hydrogen-bond donors (Lipinski definition) is 0. The predicted molar refractivity (Wildman–Crippen MR) is 132 cm³/mol. The summed E-state index contributed by atoms with van der Waals surface area (Å²) in [6, 6.07) is 8.32. The SMILES string of the molecule is COc1c(C(=O)N2CCC(N3C(=O)OCC3C(=O)OCc3ccccc3)CC2)cnc2c1c(C)nn2C. The number of carbonyl (C=O) groups is 3. The van der Waals surface area contributed by atoms with Crippen molar-refractivity contribution >= 4 is 29.0 Å². The first-order valence-electron chi connectivity index (χ1n) is 12.2. The van der Waals surface area contributed by atoms with E-state index in [1.54, 1.807) is 16.6 Å². The van der Waals surface area contributed by atoms with Gasteiger partial charge in [0.05, 0.1) is 18.2 Å². The van der Waals surface area contributed by atoms with Gasteiger partial charge in [-0.1, -0.05) is 30.3 Å². The first kappa shape index (κ1) is 24.5. The third-order valence-electron chi connectivity index (χ3n) is 6.97. The molecule has 1 aromatic carbocycles. The van der Waals surface area contributed by atoms with Crippen molar-refractivity contribution < 1.29 is 28.6 Å². The fourth-order valence-corrected chi connectivity index (χ4v) is 5.10. The van der Waals surface area contributed by atoms with Gasteiger partial charge in [0.2, 0.25) is 0 Å². The van der Waals surface area contributed by atoms with Crippen LogP contribution in [0.1, 0.15) is 34.5 Å². The second-order valence-corrected chi connectivity index (χ2v) is 9.23. The number of methoxy groups -OCH3 is 1. The molecule has 2 aliphatic rings. The van der Waals surface area contributed by atoms with Gasteiger partial charge in [-0.2, -0.15) is 5.10 Å². The van der Waals surface area contributed by atoms with Crippen LogP contribution in [0.25, 0.3) is 11.0 Å². The number of hydrogen-bond acceptors (Lipinski definition) is 8. The number of amides is 2. The number of aryl methyl sites for hydroxylation is 2. The Balaban J connectivity index is 1.25. The Morgan fingerprint density at radius 2 is 1.89 bits per heavy atom. The van der Waals surface area contributed by atoms with Crippen LogP contribution in [-0.4, -0.2) is 81.4 Å². The summed E-state index contributed by atoms with van der Waals surface area (Å²) in [4.78, 5) is 46.4. The summed E-state index contributed by atoms with van der Waals surface area (Å²) in [5.41, 5.74) is 2.60. The van der Waals surface area contributed by atoms with Gasteiger partial charge in [-0.25, -0.2) is 14.6 Å². The summed E-state index contributed by atoms with van der Waals surface area (Å²) in [5.74, 6) is -0.244. The second-order valence-electron chi connectivity index (χ2n) is 9.23. The highest BCUT2D eigenvalue weighted by molar-refractivity contribution is 6.02. The van der Waals surface area contributed by atoms with Gasteiger partial charge in [0.25, 0.3) is 5.91 Å². The summed E-state index contributed by atoms with van der Waals surface area (Å²) in [6.07, 6.45) is 2.00. The first-order valence-corrected chi connectivity index (χ1v) is 12.2. The van der Waals surface area contributed by atoms with Gasteiger partial charge >= 0.3 is 12.1 Å². The van der Waals surface area contributed by atoms with Crippen LogP contribution >= 0.6 is 0 Å². The number of pyridine rings is 1. The monoisotopic (exact) mass is 507 g/mol. The Morgan fingerprint density at radius 1 is 1.16 bits per heavy atom. The van der Waals surface area contributed by atoms with E-state index >= 15 is 0 Å². The minimum absolute atomic E-state index is 0.0427. The minimum atomic E-state index is -0.802. The molecule has 0 spiro atoms. The zero-order valence-electron chi connectivity index (χ0n) is 21.0. The van der Waals surface area contributed by atoms with E-state index in [4.69, 9.17) is 14.2 Å². The number of rotatable bonds is 6. The highest BCUT2D eigenvalue weighted by Crippen LogP contribution is 2.32. The number of esters is 1. The average Bonchev–Trinajstić information content (AvgIpc) is 3.45. The van der Waals surface area contributed by atoms with Gasteiger partial charge < -0.3 is 19.1 Å². The van der Waals surface area contributed by atoms with E-state index in [0.29, 0.717) is 48.3 Å². The summed E-state index contributed by atoms with van der Waals surface area (Å²) in [6.45, 7) is 2.75. The molecule has 4 heterocycles. The number of aromatic nitrogens is 3. The van der Waals surface area contributed by atoms with Crippen molar-refractivity contribution in [1.82, 2.24) is 24.6 Å². The van der Waals surface area contributed by atoms with E-state index in [1.165, 1.54) is 18.2 Å². The summed E-state index contributed by atoms with van der Waals surface area (Å²) in [5, 5.41) is 5.10. The molecule has 0 saturated carbocycles. The van der Waals surface area contributed by atoms with Crippen molar-refractivity contribution in [1.29, 1.82) is 0 Å². The van der Waals surface area contributed by atoms with Crippen molar-refractivity contribution in [2.24, 2.45) is 7.05 Å². The summed E-state index contributed by atoms with van der Waals surface area (Å²) in [7, 11) is 3.32. The molecule has 11 heteroatoms. The van der Waals surface area contributed by atoms with Crippen LogP contribution in [0.4, 0.5) is 4.79 Å². The van der Waals surface area contributed by atoms with E-state index in [0.717, 1.165) is 11.3 Å². The van der Waals surface area contributed by atoms with Gasteiger partial charge in [-0.3, -0.25) is 14.4 Å². The molecule has 2 fully saturated rings. The quantitative estimate of drug-likeness (QED) is 0.467. The maximum absolute atomic E-state index is 13.4. The smallest absolute Gasteiger partial charge is 0.410 e.